The molecule has 68 heavy (non-hydrogen) atoms. The lowest BCUT2D eigenvalue weighted by Crippen LogP contribution is -2.30. The molecule has 0 aromatic heterocycles. The Hall–Kier alpha value is -3.15. The Morgan fingerprint density at radius 1 is 0.309 bits per heavy atom. The van der Waals surface area contributed by atoms with Crippen molar-refractivity contribution in [3.8, 4) is 0 Å². The second-order valence-corrected chi connectivity index (χ2v) is 19.2. The van der Waals surface area contributed by atoms with E-state index in [0.29, 0.717) is 19.3 Å². The van der Waals surface area contributed by atoms with Crippen molar-refractivity contribution in [3.05, 3.63) is 72.9 Å². The lowest BCUT2D eigenvalue weighted by atomic mass is 10.0. The van der Waals surface area contributed by atoms with Gasteiger partial charge in [0.05, 0.1) is 0 Å². The molecule has 1 unspecified atom stereocenters. The van der Waals surface area contributed by atoms with Gasteiger partial charge in [-0.25, -0.2) is 0 Å². The molecule has 0 N–H and O–H groups in total. The van der Waals surface area contributed by atoms with Gasteiger partial charge in [0.1, 0.15) is 13.2 Å². The number of esters is 3. The SMILES string of the molecule is CC/C=C\C/C=C\C/C=C\C/C=C\C/C=C\C/C=C\CCCCCCC(=O)OCC(COC(=O)CCCCCCCCCCC)OC(=O)CCCCCCCCCCCCCCCCCCCC. The van der Waals surface area contributed by atoms with Gasteiger partial charge in [-0.3, -0.25) is 14.4 Å². The minimum Gasteiger partial charge on any atom is -0.462 e. The first-order valence-corrected chi connectivity index (χ1v) is 28.9. The van der Waals surface area contributed by atoms with Crippen molar-refractivity contribution in [2.75, 3.05) is 13.2 Å². The molecule has 0 saturated carbocycles. The van der Waals surface area contributed by atoms with Crippen LogP contribution in [0, 0.1) is 0 Å². The smallest absolute Gasteiger partial charge is 0.306 e. The molecule has 0 aromatic carbocycles. The van der Waals surface area contributed by atoms with Crippen LogP contribution in [0.2, 0.25) is 0 Å². The highest BCUT2D eigenvalue weighted by atomic mass is 16.6. The molecule has 0 fully saturated rings. The third-order valence-electron chi connectivity index (χ3n) is 12.5. The van der Waals surface area contributed by atoms with Crippen LogP contribution in [0.5, 0.6) is 0 Å². The highest BCUT2D eigenvalue weighted by molar-refractivity contribution is 5.71. The van der Waals surface area contributed by atoms with E-state index in [4.69, 9.17) is 14.2 Å². The second-order valence-electron chi connectivity index (χ2n) is 19.2. The molecule has 0 aliphatic carbocycles. The number of ether oxygens (including phenoxy) is 3. The van der Waals surface area contributed by atoms with Gasteiger partial charge in [0.25, 0.3) is 0 Å². The summed E-state index contributed by atoms with van der Waals surface area (Å²) in [6.45, 7) is 6.51. The minimum absolute atomic E-state index is 0.0804. The summed E-state index contributed by atoms with van der Waals surface area (Å²) in [4.78, 5) is 38.0. The van der Waals surface area contributed by atoms with Crippen molar-refractivity contribution in [3.63, 3.8) is 0 Å². The number of hydrogen-bond donors (Lipinski definition) is 0. The van der Waals surface area contributed by atoms with Crippen LogP contribution in [-0.2, 0) is 28.6 Å². The molecule has 0 bridgehead atoms. The summed E-state index contributed by atoms with van der Waals surface area (Å²) in [5.41, 5.74) is 0. The Morgan fingerprint density at radius 3 is 0.897 bits per heavy atom. The number of unbranched alkanes of at least 4 members (excludes halogenated alkanes) is 29. The summed E-state index contributed by atoms with van der Waals surface area (Å²) in [5, 5.41) is 0. The van der Waals surface area contributed by atoms with Gasteiger partial charge in [0.15, 0.2) is 6.10 Å². The van der Waals surface area contributed by atoms with Gasteiger partial charge in [-0.05, 0) is 70.6 Å². The Bertz CT molecular complexity index is 1270. The van der Waals surface area contributed by atoms with Crippen molar-refractivity contribution < 1.29 is 28.6 Å². The van der Waals surface area contributed by atoms with Gasteiger partial charge in [0.2, 0.25) is 0 Å². The fourth-order valence-corrected chi connectivity index (χ4v) is 8.15. The van der Waals surface area contributed by atoms with E-state index in [1.54, 1.807) is 0 Å². The molecule has 0 spiro atoms. The van der Waals surface area contributed by atoms with Crippen LogP contribution in [0.15, 0.2) is 72.9 Å². The van der Waals surface area contributed by atoms with Crippen molar-refractivity contribution in [1.82, 2.24) is 0 Å². The number of rotatable bonds is 52. The first-order valence-electron chi connectivity index (χ1n) is 28.9. The van der Waals surface area contributed by atoms with E-state index in [-0.39, 0.29) is 31.1 Å². The van der Waals surface area contributed by atoms with Crippen LogP contribution >= 0.6 is 0 Å². The average Bonchev–Trinajstić information content (AvgIpc) is 3.34. The monoisotopic (exact) mass is 949 g/mol. The summed E-state index contributed by atoms with van der Waals surface area (Å²) in [5.74, 6) is -0.898. The van der Waals surface area contributed by atoms with Crippen molar-refractivity contribution in [2.45, 2.75) is 290 Å². The average molecular weight is 950 g/mol. The first-order chi connectivity index (χ1) is 33.5. The number of carbonyl (C=O) groups excluding carboxylic acids is 3. The van der Waals surface area contributed by atoms with Gasteiger partial charge in [0, 0.05) is 19.3 Å². The molecule has 0 aliphatic rings. The predicted octanol–water partition coefficient (Wildman–Crippen LogP) is 19.4. The maximum Gasteiger partial charge on any atom is 0.306 e. The fraction of sp³-hybridized carbons (Fsp3) is 0.758. The molecule has 1 atom stereocenters. The Labute approximate surface area is 421 Å². The third-order valence-corrected chi connectivity index (χ3v) is 12.5. The van der Waals surface area contributed by atoms with Crippen molar-refractivity contribution >= 4 is 17.9 Å². The van der Waals surface area contributed by atoms with E-state index >= 15 is 0 Å². The van der Waals surface area contributed by atoms with Crippen LogP contribution < -0.4 is 0 Å². The molecule has 6 heteroatoms. The standard InChI is InChI=1S/C62H108O6/c1-4-7-10-13-16-19-21-23-25-27-29-30-31-32-33-35-36-38-40-43-46-49-52-55-61(64)67-58-59(57-66-60(63)54-51-48-45-42-18-15-12-9-6-3)68-62(65)56-53-50-47-44-41-39-37-34-28-26-24-22-20-17-14-11-8-5-2/h7,10,16,19,23,25,29-30,32-33,36,38,59H,4-6,8-9,11-15,17-18,20-22,24,26-28,31,34-35,37,39-58H2,1-3H3/b10-7-,19-16-,25-23-,30-29-,33-32-,38-36-. The Balaban J connectivity index is 4.31. The molecule has 0 saturated heterocycles. The molecule has 0 aliphatic heterocycles. The van der Waals surface area contributed by atoms with Crippen molar-refractivity contribution in [1.29, 1.82) is 0 Å². The molecular formula is C62H108O6. The number of allylic oxidation sites excluding steroid dienone is 12. The molecule has 6 nitrogen and oxygen atoms in total. The quantitative estimate of drug-likeness (QED) is 0.0262. The van der Waals surface area contributed by atoms with Gasteiger partial charge in [-0.15, -0.1) is 0 Å². The molecule has 392 valence electrons. The maximum atomic E-state index is 12.8. The Morgan fingerprint density at radius 2 is 0.574 bits per heavy atom. The van der Waals surface area contributed by atoms with Crippen LogP contribution in [0.4, 0.5) is 0 Å². The highest BCUT2D eigenvalue weighted by Crippen LogP contribution is 2.16. The fourth-order valence-electron chi connectivity index (χ4n) is 8.15. The summed E-state index contributed by atoms with van der Waals surface area (Å²) in [6, 6.07) is 0. The molecule has 0 aromatic rings. The second kappa shape index (κ2) is 56.4. The zero-order valence-electron chi connectivity index (χ0n) is 44.9. The number of hydrogen-bond acceptors (Lipinski definition) is 6. The van der Waals surface area contributed by atoms with E-state index in [0.717, 1.165) is 109 Å². The topological polar surface area (TPSA) is 78.9 Å². The Kier molecular flexibility index (Phi) is 53.8. The van der Waals surface area contributed by atoms with Gasteiger partial charge >= 0.3 is 17.9 Å². The predicted molar refractivity (Wildman–Crippen MR) is 293 cm³/mol. The first kappa shape index (κ1) is 64.8. The van der Waals surface area contributed by atoms with Gasteiger partial charge < -0.3 is 14.2 Å². The molecular weight excluding hydrogens is 841 g/mol. The molecule has 0 radical (unpaired) electrons. The number of carbonyl (C=O) groups is 3. The zero-order chi connectivity index (χ0) is 49.3. The minimum atomic E-state index is -0.782. The summed E-state index contributed by atoms with van der Waals surface area (Å²) < 4.78 is 16.8. The van der Waals surface area contributed by atoms with Crippen LogP contribution in [0.3, 0.4) is 0 Å². The maximum absolute atomic E-state index is 12.8. The lowest BCUT2D eigenvalue weighted by Gasteiger charge is -2.18. The zero-order valence-corrected chi connectivity index (χ0v) is 44.9. The van der Waals surface area contributed by atoms with Gasteiger partial charge in [-0.1, -0.05) is 267 Å². The summed E-state index contributed by atoms with van der Waals surface area (Å²) in [7, 11) is 0. The van der Waals surface area contributed by atoms with E-state index in [1.807, 2.05) is 0 Å². The molecule has 0 amide bonds. The lowest BCUT2D eigenvalue weighted by molar-refractivity contribution is -0.167. The van der Waals surface area contributed by atoms with E-state index < -0.39 is 6.10 Å². The van der Waals surface area contributed by atoms with Crippen LogP contribution in [0.1, 0.15) is 284 Å². The van der Waals surface area contributed by atoms with E-state index in [1.165, 1.54) is 135 Å². The summed E-state index contributed by atoms with van der Waals surface area (Å²) in [6.07, 6.45) is 71.9. The third kappa shape index (κ3) is 53.8. The van der Waals surface area contributed by atoms with Gasteiger partial charge in [-0.2, -0.15) is 0 Å². The normalized spacial score (nSPS) is 12.6. The highest BCUT2D eigenvalue weighted by Gasteiger charge is 2.19. The van der Waals surface area contributed by atoms with Crippen LogP contribution in [-0.4, -0.2) is 37.2 Å². The molecule has 0 rings (SSSR count). The van der Waals surface area contributed by atoms with E-state index in [2.05, 4.69) is 93.7 Å². The largest absolute Gasteiger partial charge is 0.462 e. The summed E-state index contributed by atoms with van der Waals surface area (Å²) >= 11 is 0. The van der Waals surface area contributed by atoms with Crippen LogP contribution in [0.25, 0.3) is 0 Å². The molecule has 0 heterocycles. The van der Waals surface area contributed by atoms with E-state index in [9.17, 15) is 14.4 Å². The van der Waals surface area contributed by atoms with Crippen molar-refractivity contribution in [2.24, 2.45) is 0 Å².